The van der Waals surface area contributed by atoms with Gasteiger partial charge in [0.05, 0.1) is 0 Å². The topological polar surface area (TPSA) is 46.2 Å². The molecule has 2 fully saturated rings. The Hall–Kier alpha value is -1.02. The van der Waals surface area contributed by atoms with Crippen molar-refractivity contribution in [3.05, 3.63) is 29.8 Å². The van der Waals surface area contributed by atoms with E-state index in [1.807, 2.05) is 12.1 Å². The molecule has 0 radical (unpaired) electrons. The third kappa shape index (κ3) is 1.52. The fraction of sp³-hybridized carbons (Fsp3) is 0.571. The van der Waals surface area contributed by atoms with Crippen LogP contribution >= 0.6 is 0 Å². The molecule has 0 spiro atoms. The lowest BCUT2D eigenvalue weighted by Gasteiger charge is -2.19. The van der Waals surface area contributed by atoms with Crippen LogP contribution in [-0.2, 0) is 0 Å². The van der Waals surface area contributed by atoms with Crippen molar-refractivity contribution in [3.63, 3.8) is 0 Å². The third-order valence-corrected chi connectivity index (χ3v) is 4.46. The number of nitrogens with two attached hydrogens (primary N) is 1. The van der Waals surface area contributed by atoms with Crippen molar-refractivity contribution in [1.29, 1.82) is 0 Å². The van der Waals surface area contributed by atoms with E-state index >= 15 is 0 Å². The molecule has 2 aliphatic rings. The minimum absolute atomic E-state index is 0.0630. The van der Waals surface area contributed by atoms with Crippen LogP contribution in [0.2, 0.25) is 0 Å². The molecule has 0 aromatic heterocycles. The molecule has 2 aliphatic carbocycles. The van der Waals surface area contributed by atoms with E-state index in [0.717, 1.165) is 12.3 Å². The van der Waals surface area contributed by atoms with Gasteiger partial charge in [-0.2, -0.15) is 0 Å². The fourth-order valence-corrected chi connectivity index (χ4v) is 3.34. The largest absolute Gasteiger partial charge is 0.508 e. The van der Waals surface area contributed by atoms with Crippen molar-refractivity contribution in [2.24, 2.45) is 11.7 Å². The van der Waals surface area contributed by atoms with Crippen molar-refractivity contribution < 1.29 is 5.11 Å². The molecule has 0 amide bonds. The summed E-state index contributed by atoms with van der Waals surface area (Å²) in [7, 11) is 0. The first-order valence-corrected chi connectivity index (χ1v) is 6.28. The van der Waals surface area contributed by atoms with Crippen LogP contribution in [0.3, 0.4) is 0 Å². The highest BCUT2D eigenvalue weighted by atomic mass is 16.3. The number of aromatic hydroxyl groups is 1. The summed E-state index contributed by atoms with van der Waals surface area (Å²) >= 11 is 0. The van der Waals surface area contributed by atoms with E-state index in [-0.39, 0.29) is 5.54 Å². The zero-order valence-electron chi connectivity index (χ0n) is 9.52. The molecular weight excluding hydrogens is 198 g/mol. The Balaban J connectivity index is 1.76. The van der Waals surface area contributed by atoms with Gasteiger partial charge in [0.15, 0.2) is 0 Å². The van der Waals surface area contributed by atoms with E-state index in [9.17, 15) is 5.11 Å². The molecule has 2 unspecified atom stereocenters. The van der Waals surface area contributed by atoms with Crippen LogP contribution in [0.15, 0.2) is 24.3 Å². The van der Waals surface area contributed by atoms with Gasteiger partial charge in [0, 0.05) is 11.5 Å². The molecule has 2 atom stereocenters. The SMILES string of the molecule is NC1(C2CCCC2)CC1c1ccc(O)cc1. The lowest BCUT2D eigenvalue weighted by molar-refractivity contribution is 0.404. The Morgan fingerprint density at radius 3 is 2.38 bits per heavy atom. The smallest absolute Gasteiger partial charge is 0.115 e. The van der Waals surface area contributed by atoms with Crippen molar-refractivity contribution in [1.82, 2.24) is 0 Å². The Labute approximate surface area is 96.5 Å². The van der Waals surface area contributed by atoms with Gasteiger partial charge in [0.25, 0.3) is 0 Å². The number of phenolic OH excluding ortho intramolecular Hbond substituents is 1. The van der Waals surface area contributed by atoms with Crippen molar-refractivity contribution >= 4 is 0 Å². The maximum Gasteiger partial charge on any atom is 0.115 e. The fourth-order valence-electron chi connectivity index (χ4n) is 3.34. The second-order valence-electron chi connectivity index (χ2n) is 5.44. The molecule has 0 bridgehead atoms. The van der Waals surface area contributed by atoms with Crippen LogP contribution in [0.4, 0.5) is 0 Å². The van der Waals surface area contributed by atoms with Crippen LogP contribution in [-0.4, -0.2) is 10.6 Å². The molecule has 1 aromatic carbocycles. The van der Waals surface area contributed by atoms with E-state index < -0.39 is 0 Å². The van der Waals surface area contributed by atoms with Gasteiger partial charge in [0.2, 0.25) is 0 Å². The summed E-state index contributed by atoms with van der Waals surface area (Å²) in [6.45, 7) is 0. The van der Waals surface area contributed by atoms with Crippen LogP contribution < -0.4 is 5.73 Å². The lowest BCUT2D eigenvalue weighted by Crippen LogP contribution is -2.32. The van der Waals surface area contributed by atoms with Gasteiger partial charge < -0.3 is 10.8 Å². The number of benzene rings is 1. The van der Waals surface area contributed by atoms with Crippen LogP contribution in [0.1, 0.15) is 43.6 Å². The molecule has 3 rings (SSSR count). The number of hydrogen-bond acceptors (Lipinski definition) is 2. The summed E-state index contributed by atoms with van der Waals surface area (Å²) in [4.78, 5) is 0. The molecule has 2 saturated carbocycles. The minimum atomic E-state index is 0.0630. The molecule has 3 N–H and O–H groups in total. The van der Waals surface area contributed by atoms with Gasteiger partial charge in [-0.1, -0.05) is 25.0 Å². The summed E-state index contributed by atoms with van der Waals surface area (Å²) in [5.41, 5.74) is 7.86. The third-order valence-electron chi connectivity index (χ3n) is 4.46. The predicted molar refractivity (Wildman–Crippen MR) is 64.3 cm³/mol. The van der Waals surface area contributed by atoms with Crippen molar-refractivity contribution in [2.45, 2.75) is 43.6 Å². The lowest BCUT2D eigenvalue weighted by atomic mass is 9.92. The monoisotopic (exact) mass is 217 g/mol. The quantitative estimate of drug-likeness (QED) is 0.800. The van der Waals surface area contributed by atoms with E-state index in [1.165, 1.54) is 31.2 Å². The second kappa shape index (κ2) is 3.49. The maximum absolute atomic E-state index is 9.27. The first-order valence-electron chi connectivity index (χ1n) is 6.28. The van der Waals surface area contributed by atoms with E-state index in [4.69, 9.17) is 5.73 Å². The molecule has 2 heteroatoms. The summed E-state index contributed by atoms with van der Waals surface area (Å²) in [6.07, 6.45) is 6.45. The van der Waals surface area contributed by atoms with E-state index in [0.29, 0.717) is 11.7 Å². The Bertz CT molecular complexity index is 380. The Kier molecular flexibility index (Phi) is 2.21. The normalized spacial score (nSPS) is 34.2. The summed E-state index contributed by atoms with van der Waals surface area (Å²) < 4.78 is 0. The zero-order valence-corrected chi connectivity index (χ0v) is 9.52. The van der Waals surface area contributed by atoms with Gasteiger partial charge in [-0.25, -0.2) is 0 Å². The second-order valence-corrected chi connectivity index (χ2v) is 5.44. The number of rotatable bonds is 2. The highest BCUT2D eigenvalue weighted by Gasteiger charge is 2.56. The van der Waals surface area contributed by atoms with Gasteiger partial charge in [-0.15, -0.1) is 0 Å². The van der Waals surface area contributed by atoms with E-state index in [1.54, 1.807) is 12.1 Å². The van der Waals surface area contributed by atoms with Crippen molar-refractivity contribution in [2.75, 3.05) is 0 Å². The zero-order chi connectivity index (χ0) is 11.2. The average Bonchev–Trinajstić information content (AvgIpc) is 2.77. The van der Waals surface area contributed by atoms with Gasteiger partial charge >= 0.3 is 0 Å². The molecular formula is C14H19NO. The maximum atomic E-state index is 9.27. The Morgan fingerprint density at radius 2 is 1.75 bits per heavy atom. The average molecular weight is 217 g/mol. The molecule has 86 valence electrons. The predicted octanol–water partition coefficient (Wildman–Crippen LogP) is 2.77. The molecule has 0 saturated heterocycles. The molecule has 0 heterocycles. The summed E-state index contributed by atoms with van der Waals surface area (Å²) in [5.74, 6) is 1.59. The standard InChI is InChI=1S/C14H19NO/c15-14(11-3-1-2-4-11)9-13(14)10-5-7-12(16)8-6-10/h5-8,11,13,16H,1-4,9,15H2. The Morgan fingerprint density at radius 1 is 1.12 bits per heavy atom. The highest BCUT2D eigenvalue weighted by molar-refractivity contribution is 5.37. The minimum Gasteiger partial charge on any atom is -0.508 e. The number of hydrogen-bond donors (Lipinski definition) is 2. The molecule has 1 aromatic rings. The van der Waals surface area contributed by atoms with Crippen LogP contribution in [0.5, 0.6) is 5.75 Å². The first-order chi connectivity index (χ1) is 7.70. The van der Waals surface area contributed by atoms with E-state index in [2.05, 4.69) is 0 Å². The highest BCUT2D eigenvalue weighted by Crippen LogP contribution is 2.57. The molecule has 16 heavy (non-hydrogen) atoms. The van der Waals surface area contributed by atoms with Gasteiger partial charge in [0.1, 0.15) is 5.75 Å². The van der Waals surface area contributed by atoms with Crippen LogP contribution in [0, 0.1) is 5.92 Å². The van der Waals surface area contributed by atoms with Gasteiger partial charge in [-0.3, -0.25) is 0 Å². The molecule has 2 nitrogen and oxygen atoms in total. The van der Waals surface area contributed by atoms with Gasteiger partial charge in [-0.05, 0) is 42.9 Å². The first kappa shape index (κ1) is 10.2. The molecule has 0 aliphatic heterocycles. The summed E-state index contributed by atoms with van der Waals surface area (Å²) in [5, 5.41) is 9.27. The summed E-state index contributed by atoms with van der Waals surface area (Å²) in [6, 6.07) is 7.57. The van der Waals surface area contributed by atoms with Crippen LogP contribution in [0.25, 0.3) is 0 Å². The van der Waals surface area contributed by atoms with Crippen molar-refractivity contribution in [3.8, 4) is 5.75 Å². The number of phenols is 1.